The lowest BCUT2D eigenvalue weighted by atomic mass is 10.1. The van der Waals surface area contributed by atoms with E-state index in [-0.39, 0.29) is 17.8 Å². The summed E-state index contributed by atoms with van der Waals surface area (Å²) in [4.78, 5) is 16.8. The molecule has 0 radical (unpaired) electrons. The number of hydrogen-bond donors (Lipinski definition) is 1. The van der Waals surface area contributed by atoms with Crippen LogP contribution < -0.4 is 10.2 Å². The molecule has 1 aliphatic rings. The third kappa shape index (κ3) is 4.49. The summed E-state index contributed by atoms with van der Waals surface area (Å²) in [7, 11) is 0. The highest BCUT2D eigenvalue weighted by Gasteiger charge is 2.28. The van der Waals surface area contributed by atoms with E-state index >= 15 is 0 Å². The van der Waals surface area contributed by atoms with Crippen molar-refractivity contribution in [1.29, 1.82) is 0 Å². The molecule has 0 saturated carbocycles. The molecule has 29 heavy (non-hydrogen) atoms. The van der Waals surface area contributed by atoms with Crippen molar-refractivity contribution in [1.82, 2.24) is 10.2 Å². The molecule has 1 saturated heterocycles. The Morgan fingerprint density at radius 3 is 2.38 bits per heavy atom. The predicted molar refractivity (Wildman–Crippen MR) is 110 cm³/mol. The van der Waals surface area contributed by atoms with E-state index in [4.69, 9.17) is 4.42 Å². The molecule has 1 N–H and O–H groups in total. The zero-order valence-electron chi connectivity index (χ0n) is 16.1. The molecule has 1 fully saturated rings. The Kier molecular flexibility index (Phi) is 5.91. The van der Waals surface area contributed by atoms with E-state index in [9.17, 15) is 9.18 Å². The van der Waals surface area contributed by atoms with Crippen LogP contribution in [0.25, 0.3) is 0 Å². The predicted octanol–water partition coefficient (Wildman–Crippen LogP) is 3.71. The number of furan rings is 1. The van der Waals surface area contributed by atoms with Gasteiger partial charge in [-0.3, -0.25) is 9.69 Å². The third-order valence-electron chi connectivity index (χ3n) is 5.31. The van der Waals surface area contributed by atoms with Crippen LogP contribution in [0.3, 0.4) is 0 Å². The minimum Gasteiger partial charge on any atom is -0.468 e. The highest BCUT2D eigenvalue weighted by Crippen LogP contribution is 2.25. The molecule has 1 atom stereocenters. The highest BCUT2D eigenvalue weighted by atomic mass is 19.1. The van der Waals surface area contributed by atoms with Gasteiger partial charge in [-0.1, -0.05) is 30.3 Å². The number of carbonyl (C=O) groups excluding carboxylic acids is 1. The quantitative estimate of drug-likeness (QED) is 0.694. The maximum absolute atomic E-state index is 14.1. The Morgan fingerprint density at radius 2 is 1.69 bits per heavy atom. The average molecular weight is 393 g/mol. The zero-order valence-corrected chi connectivity index (χ0v) is 16.1. The average Bonchev–Trinajstić information content (AvgIpc) is 3.30. The summed E-state index contributed by atoms with van der Waals surface area (Å²) in [6.07, 6.45) is 1.65. The SMILES string of the molecule is O=C(NC[C@@H](c1ccco1)N1CCN(c2ccccc2F)CC1)c1ccccc1. The van der Waals surface area contributed by atoms with E-state index < -0.39 is 0 Å². The molecule has 0 spiro atoms. The van der Waals surface area contributed by atoms with Crippen molar-refractivity contribution in [2.24, 2.45) is 0 Å². The zero-order chi connectivity index (χ0) is 20.1. The van der Waals surface area contributed by atoms with Gasteiger partial charge in [-0.05, 0) is 36.4 Å². The Hall–Kier alpha value is -3.12. The normalized spacial score (nSPS) is 15.8. The van der Waals surface area contributed by atoms with Gasteiger partial charge in [0.1, 0.15) is 11.6 Å². The fourth-order valence-corrected chi connectivity index (χ4v) is 3.75. The molecular weight excluding hydrogens is 369 g/mol. The Morgan fingerprint density at radius 1 is 0.966 bits per heavy atom. The van der Waals surface area contributed by atoms with E-state index in [1.165, 1.54) is 6.07 Å². The van der Waals surface area contributed by atoms with Crippen LogP contribution in [-0.4, -0.2) is 43.5 Å². The van der Waals surface area contributed by atoms with Crippen molar-refractivity contribution in [2.45, 2.75) is 6.04 Å². The van der Waals surface area contributed by atoms with Gasteiger partial charge in [0.2, 0.25) is 0 Å². The van der Waals surface area contributed by atoms with Crippen LogP contribution >= 0.6 is 0 Å². The van der Waals surface area contributed by atoms with Crippen LogP contribution in [0.2, 0.25) is 0 Å². The summed E-state index contributed by atoms with van der Waals surface area (Å²) in [5.41, 5.74) is 1.27. The summed E-state index contributed by atoms with van der Waals surface area (Å²) < 4.78 is 19.8. The first-order valence-corrected chi connectivity index (χ1v) is 9.82. The molecule has 0 aliphatic carbocycles. The molecule has 3 aromatic rings. The molecule has 2 aromatic carbocycles. The number of hydrogen-bond acceptors (Lipinski definition) is 4. The van der Waals surface area contributed by atoms with Gasteiger partial charge in [0.05, 0.1) is 18.0 Å². The Labute approximate surface area is 169 Å². The molecule has 1 aromatic heterocycles. The number of piperazine rings is 1. The topological polar surface area (TPSA) is 48.7 Å². The van der Waals surface area contributed by atoms with E-state index in [0.717, 1.165) is 18.8 Å². The molecule has 150 valence electrons. The Bertz CT molecular complexity index is 922. The first-order chi connectivity index (χ1) is 14.2. The van der Waals surface area contributed by atoms with Crippen LogP contribution in [0.5, 0.6) is 0 Å². The van der Waals surface area contributed by atoms with Gasteiger partial charge in [-0.15, -0.1) is 0 Å². The number of halogens is 1. The molecule has 0 bridgehead atoms. The number of benzene rings is 2. The van der Waals surface area contributed by atoms with E-state index in [2.05, 4.69) is 15.1 Å². The molecular formula is C23H24FN3O2. The van der Waals surface area contributed by atoms with Crippen molar-refractivity contribution < 1.29 is 13.6 Å². The van der Waals surface area contributed by atoms with Crippen molar-refractivity contribution in [3.63, 3.8) is 0 Å². The number of para-hydroxylation sites is 1. The second-order valence-electron chi connectivity index (χ2n) is 7.08. The van der Waals surface area contributed by atoms with Crippen molar-refractivity contribution in [3.05, 3.63) is 90.1 Å². The summed E-state index contributed by atoms with van der Waals surface area (Å²) >= 11 is 0. The van der Waals surface area contributed by atoms with Crippen LogP contribution in [-0.2, 0) is 0 Å². The minimum absolute atomic E-state index is 0.0690. The summed E-state index contributed by atoms with van der Waals surface area (Å²) in [6.45, 7) is 3.37. The number of rotatable bonds is 6. The lowest BCUT2D eigenvalue weighted by Gasteiger charge is -2.39. The monoisotopic (exact) mass is 393 g/mol. The van der Waals surface area contributed by atoms with Crippen molar-refractivity contribution in [3.8, 4) is 0 Å². The number of nitrogens with zero attached hydrogens (tertiary/aromatic N) is 2. The number of anilines is 1. The van der Waals surface area contributed by atoms with Crippen LogP contribution in [0.1, 0.15) is 22.2 Å². The van der Waals surface area contributed by atoms with Gasteiger partial charge >= 0.3 is 0 Å². The molecule has 1 aliphatic heterocycles. The molecule has 2 heterocycles. The first kappa shape index (κ1) is 19.2. The first-order valence-electron chi connectivity index (χ1n) is 9.82. The summed E-state index contributed by atoms with van der Waals surface area (Å²) in [5.74, 6) is 0.517. The largest absolute Gasteiger partial charge is 0.468 e. The smallest absolute Gasteiger partial charge is 0.251 e. The van der Waals surface area contributed by atoms with Crippen LogP contribution in [0.4, 0.5) is 10.1 Å². The maximum Gasteiger partial charge on any atom is 0.251 e. The van der Waals surface area contributed by atoms with E-state index in [1.807, 2.05) is 42.5 Å². The minimum atomic E-state index is -0.196. The van der Waals surface area contributed by atoms with Gasteiger partial charge in [0.15, 0.2) is 0 Å². The van der Waals surface area contributed by atoms with Crippen molar-refractivity contribution in [2.75, 3.05) is 37.6 Å². The molecule has 4 rings (SSSR count). The van der Waals surface area contributed by atoms with E-state index in [1.54, 1.807) is 24.5 Å². The standard InChI is InChI=1S/C23H24FN3O2/c24-19-9-4-5-10-20(19)26-12-14-27(15-13-26)21(22-11-6-16-29-22)17-25-23(28)18-7-2-1-3-8-18/h1-11,16,21H,12-15,17H2,(H,25,28)/t21-/m0/s1. The fraction of sp³-hybridized carbons (Fsp3) is 0.261. The van der Waals surface area contributed by atoms with Gasteiger partial charge in [0, 0.05) is 38.3 Å². The van der Waals surface area contributed by atoms with Gasteiger partial charge < -0.3 is 14.6 Å². The molecule has 0 unspecified atom stereocenters. The van der Waals surface area contributed by atoms with Gasteiger partial charge in [0.25, 0.3) is 5.91 Å². The second kappa shape index (κ2) is 8.92. The molecule has 5 nitrogen and oxygen atoms in total. The summed E-state index contributed by atoms with van der Waals surface area (Å²) in [5, 5.41) is 3.02. The third-order valence-corrected chi connectivity index (χ3v) is 5.31. The summed E-state index contributed by atoms with van der Waals surface area (Å²) in [6, 6.07) is 19.8. The second-order valence-corrected chi connectivity index (χ2v) is 7.08. The van der Waals surface area contributed by atoms with Gasteiger partial charge in [-0.25, -0.2) is 4.39 Å². The lowest BCUT2D eigenvalue weighted by molar-refractivity contribution is 0.0922. The lowest BCUT2D eigenvalue weighted by Crippen LogP contribution is -2.50. The van der Waals surface area contributed by atoms with Crippen molar-refractivity contribution >= 4 is 11.6 Å². The maximum atomic E-state index is 14.1. The fourth-order valence-electron chi connectivity index (χ4n) is 3.75. The van der Waals surface area contributed by atoms with E-state index in [0.29, 0.717) is 30.9 Å². The van der Waals surface area contributed by atoms with Crippen LogP contribution in [0.15, 0.2) is 77.4 Å². The number of nitrogens with one attached hydrogen (secondary N) is 1. The van der Waals surface area contributed by atoms with Gasteiger partial charge in [-0.2, -0.15) is 0 Å². The molecule has 6 heteroatoms. The Balaban J connectivity index is 1.42. The highest BCUT2D eigenvalue weighted by molar-refractivity contribution is 5.94. The van der Waals surface area contributed by atoms with Crippen LogP contribution in [0, 0.1) is 5.82 Å². The number of amides is 1. The number of carbonyl (C=O) groups is 1. The molecule has 1 amide bonds.